The van der Waals surface area contributed by atoms with Gasteiger partial charge in [0, 0.05) is 23.5 Å². The Bertz CT molecular complexity index is 859. The number of ether oxygens (including phenoxy) is 1. The summed E-state index contributed by atoms with van der Waals surface area (Å²) < 4.78 is 32.5. The van der Waals surface area contributed by atoms with Crippen molar-refractivity contribution in [2.24, 2.45) is 0 Å². The zero-order chi connectivity index (χ0) is 20.0. The fourth-order valence-electron chi connectivity index (χ4n) is 2.46. The average molecular weight is 441 g/mol. The van der Waals surface area contributed by atoms with Gasteiger partial charge < -0.3 is 15.4 Å². The number of anilines is 1. The predicted octanol–water partition coefficient (Wildman–Crippen LogP) is 4.19. The van der Waals surface area contributed by atoms with Crippen LogP contribution in [0.4, 0.5) is 14.5 Å². The van der Waals surface area contributed by atoms with Gasteiger partial charge in [-0.2, -0.15) is 0 Å². The zero-order valence-corrected chi connectivity index (χ0v) is 16.5. The zero-order valence-electron chi connectivity index (χ0n) is 14.9. The van der Waals surface area contributed by atoms with Crippen molar-refractivity contribution in [3.05, 3.63) is 57.6 Å². The van der Waals surface area contributed by atoms with Crippen molar-refractivity contribution >= 4 is 33.4 Å². The summed E-state index contributed by atoms with van der Waals surface area (Å²) in [7, 11) is 1.51. The highest BCUT2D eigenvalue weighted by molar-refractivity contribution is 9.10. The molecule has 0 aliphatic rings. The Hall–Kier alpha value is -2.48. The minimum absolute atomic E-state index is 0.158. The molecule has 2 aromatic rings. The highest BCUT2D eigenvalue weighted by Gasteiger charge is 2.13. The van der Waals surface area contributed by atoms with Gasteiger partial charge in [-0.05, 0) is 43.2 Å². The van der Waals surface area contributed by atoms with Crippen molar-refractivity contribution in [2.75, 3.05) is 19.0 Å². The molecule has 144 valence electrons. The van der Waals surface area contributed by atoms with Gasteiger partial charge in [-0.15, -0.1) is 0 Å². The number of halogens is 3. The topological polar surface area (TPSA) is 67.4 Å². The van der Waals surface area contributed by atoms with Gasteiger partial charge in [-0.1, -0.05) is 15.9 Å². The molecule has 0 spiro atoms. The first-order valence-corrected chi connectivity index (χ1v) is 8.98. The van der Waals surface area contributed by atoms with E-state index in [1.54, 1.807) is 6.07 Å². The molecule has 8 heteroatoms. The van der Waals surface area contributed by atoms with Gasteiger partial charge >= 0.3 is 0 Å². The Morgan fingerprint density at radius 2 is 1.93 bits per heavy atom. The number of hydrogen-bond acceptors (Lipinski definition) is 3. The van der Waals surface area contributed by atoms with Crippen LogP contribution in [-0.2, 0) is 4.79 Å². The molecule has 0 unspecified atom stereocenters. The summed E-state index contributed by atoms with van der Waals surface area (Å²) in [5.41, 5.74) is 1.19. The van der Waals surface area contributed by atoms with Crippen LogP contribution in [0.2, 0.25) is 0 Å². The molecular formula is C19H19BrF2N2O3. The van der Waals surface area contributed by atoms with Crippen molar-refractivity contribution in [3.8, 4) is 5.75 Å². The summed E-state index contributed by atoms with van der Waals surface area (Å²) in [6.45, 7) is 2.03. The van der Waals surface area contributed by atoms with E-state index < -0.39 is 17.5 Å². The Balaban J connectivity index is 1.84. The van der Waals surface area contributed by atoms with Gasteiger partial charge in [-0.3, -0.25) is 9.59 Å². The Morgan fingerprint density at radius 3 is 2.59 bits per heavy atom. The van der Waals surface area contributed by atoms with E-state index in [2.05, 4.69) is 26.6 Å². The van der Waals surface area contributed by atoms with Crippen molar-refractivity contribution in [1.29, 1.82) is 0 Å². The lowest BCUT2D eigenvalue weighted by molar-refractivity contribution is -0.116. The van der Waals surface area contributed by atoms with Crippen LogP contribution in [-0.4, -0.2) is 25.5 Å². The lowest BCUT2D eigenvalue weighted by Crippen LogP contribution is -2.26. The maximum atomic E-state index is 13.5. The van der Waals surface area contributed by atoms with Gasteiger partial charge in [-0.25, -0.2) is 8.78 Å². The highest BCUT2D eigenvalue weighted by atomic mass is 79.9. The molecule has 2 aromatic carbocycles. The molecule has 0 radical (unpaired) electrons. The normalized spacial score (nSPS) is 10.4. The van der Waals surface area contributed by atoms with E-state index in [0.717, 1.165) is 22.2 Å². The van der Waals surface area contributed by atoms with E-state index in [-0.39, 0.29) is 24.4 Å². The Kier molecular flexibility index (Phi) is 7.29. The first-order valence-electron chi connectivity index (χ1n) is 8.19. The molecule has 27 heavy (non-hydrogen) atoms. The second-order valence-electron chi connectivity index (χ2n) is 5.83. The second-order valence-corrected chi connectivity index (χ2v) is 6.75. The van der Waals surface area contributed by atoms with E-state index in [4.69, 9.17) is 4.74 Å². The number of rotatable bonds is 7. The molecule has 0 aliphatic heterocycles. The van der Waals surface area contributed by atoms with E-state index >= 15 is 0 Å². The molecule has 2 amide bonds. The second kappa shape index (κ2) is 9.45. The van der Waals surface area contributed by atoms with Crippen molar-refractivity contribution in [2.45, 2.75) is 19.8 Å². The molecule has 0 aliphatic carbocycles. The molecule has 5 nitrogen and oxygen atoms in total. The fraction of sp³-hybridized carbons (Fsp3) is 0.263. The third-order valence-electron chi connectivity index (χ3n) is 3.79. The number of benzene rings is 2. The minimum Gasteiger partial charge on any atom is -0.495 e. The smallest absolute Gasteiger partial charge is 0.254 e. The third kappa shape index (κ3) is 5.75. The van der Waals surface area contributed by atoms with E-state index in [1.807, 2.05) is 13.0 Å². The van der Waals surface area contributed by atoms with Crippen molar-refractivity contribution in [1.82, 2.24) is 5.32 Å². The largest absolute Gasteiger partial charge is 0.495 e. The van der Waals surface area contributed by atoms with Gasteiger partial charge in [0.15, 0.2) is 0 Å². The van der Waals surface area contributed by atoms with Gasteiger partial charge in [0.05, 0.1) is 18.4 Å². The van der Waals surface area contributed by atoms with Crippen LogP contribution in [0.1, 0.15) is 28.8 Å². The molecule has 0 atom stereocenters. The first-order chi connectivity index (χ1) is 12.8. The monoisotopic (exact) mass is 440 g/mol. The first kappa shape index (κ1) is 20.8. The number of carbonyl (C=O) groups excluding carboxylic acids is 2. The maximum Gasteiger partial charge on any atom is 0.254 e. The summed E-state index contributed by atoms with van der Waals surface area (Å²) in [5.74, 6) is -2.03. The van der Waals surface area contributed by atoms with E-state index in [0.29, 0.717) is 23.9 Å². The summed E-state index contributed by atoms with van der Waals surface area (Å²) in [6.07, 6.45) is 0.517. The Morgan fingerprint density at radius 1 is 1.19 bits per heavy atom. The van der Waals surface area contributed by atoms with Crippen LogP contribution < -0.4 is 15.4 Å². The molecule has 2 N–H and O–H groups in total. The van der Waals surface area contributed by atoms with Crippen LogP contribution in [0.15, 0.2) is 34.8 Å². The molecule has 0 aromatic heterocycles. The number of carbonyl (C=O) groups is 2. The number of methoxy groups -OCH3 is 1. The van der Waals surface area contributed by atoms with Gasteiger partial charge in [0.2, 0.25) is 5.91 Å². The molecule has 0 saturated carbocycles. The maximum absolute atomic E-state index is 13.5. The molecule has 0 bridgehead atoms. The van der Waals surface area contributed by atoms with Crippen molar-refractivity contribution < 1.29 is 23.1 Å². The third-order valence-corrected chi connectivity index (χ3v) is 4.25. The number of hydrogen-bond donors (Lipinski definition) is 2. The fourth-order valence-corrected chi connectivity index (χ4v) is 3.01. The van der Waals surface area contributed by atoms with Gasteiger partial charge in [0.25, 0.3) is 5.91 Å². The lowest BCUT2D eigenvalue weighted by atomic mass is 10.1. The summed E-state index contributed by atoms with van der Waals surface area (Å²) in [4.78, 5) is 24.0. The minimum atomic E-state index is -0.928. The SMILES string of the molecule is COc1cc(Br)cc(C)c1NC(=O)CCCNC(=O)c1ccc(F)cc1F. The molecule has 0 saturated heterocycles. The molecular weight excluding hydrogens is 422 g/mol. The summed E-state index contributed by atoms with van der Waals surface area (Å²) >= 11 is 3.37. The van der Waals surface area contributed by atoms with Crippen LogP contribution >= 0.6 is 15.9 Å². The predicted molar refractivity (Wildman–Crippen MR) is 102 cm³/mol. The van der Waals surface area contributed by atoms with Crippen LogP contribution in [0.25, 0.3) is 0 Å². The summed E-state index contributed by atoms with van der Waals surface area (Å²) in [5, 5.41) is 5.30. The van der Waals surface area contributed by atoms with Crippen LogP contribution in [0.5, 0.6) is 5.75 Å². The number of amides is 2. The van der Waals surface area contributed by atoms with E-state index in [1.165, 1.54) is 7.11 Å². The van der Waals surface area contributed by atoms with Crippen LogP contribution in [0.3, 0.4) is 0 Å². The molecule has 0 heterocycles. The number of aryl methyl sites for hydroxylation is 1. The Labute approximate surface area is 164 Å². The van der Waals surface area contributed by atoms with Gasteiger partial charge in [0.1, 0.15) is 17.4 Å². The van der Waals surface area contributed by atoms with Crippen molar-refractivity contribution in [3.63, 3.8) is 0 Å². The van der Waals surface area contributed by atoms with Crippen LogP contribution in [0, 0.1) is 18.6 Å². The molecule has 2 rings (SSSR count). The standard InChI is InChI=1S/C19H19BrF2N2O3/c1-11-8-12(20)9-16(27-2)18(11)24-17(25)4-3-7-23-19(26)14-6-5-13(21)10-15(14)22/h5-6,8-10H,3-4,7H2,1-2H3,(H,23,26)(H,24,25). The average Bonchev–Trinajstić information content (AvgIpc) is 2.60. The highest BCUT2D eigenvalue weighted by Crippen LogP contribution is 2.32. The van der Waals surface area contributed by atoms with E-state index in [9.17, 15) is 18.4 Å². The molecule has 0 fully saturated rings. The number of nitrogens with one attached hydrogen (secondary N) is 2. The summed E-state index contributed by atoms with van der Waals surface area (Å²) in [6, 6.07) is 6.35. The lowest BCUT2D eigenvalue weighted by Gasteiger charge is -2.14. The quantitative estimate of drug-likeness (QED) is 0.634.